The van der Waals surface area contributed by atoms with Crippen molar-refractivity contribution in [3.63, 3.8) is 0 Å². The van der Waals surface area contributed by atoms with Gasteiger partial charge in [-0.25, -0.2) is 9.55 Å². The van der Waals surface area contributed by atoms with Gasteiger partial charge in [0, 0.05) is 17.8 Å². The molecular weight excluding hydrogens is 338 g/mol. The Hall–Kier alpha value is -2.93. The number of fused-ring (bicyclic) bond motifs is 1. The molecular formula is C18H16N3O3S+. The number of rotatable bonds is 3. The molecule has 0 saturated carbocycles. The van der Waals surface area contributed by atoms with Crippen molar-refractivity contribution in [3.8, 4) is 22.8 Å². The Morgan fingerprint density at radius 2 is 1.88 bits per heavy atom. The number of pyridine rings is 2. The van der Waals surface area contributed by atoms with Gasteiger partial charge in [0.05, 0.1) is 11.8 Å². The first kappa shape index (κ1) is 15.6. The second-order valence-electron chi connectivity index (χ2n) is 5.69. The summed E-state index contributed by atoms with van der Waals surface area (Å²) in [7, 11) is -3.29. The van der Waals surface area contributed by atoms with Crippen molar-refractivity contribution in [2.24, 2.45) is 0 Å². The lowest BCUT2D eigenvalue weighted by Crippen LogP contribution is -2.47. The first-order chi connectivity index (χ1) is 12.1. The number of nitrogens with zero attached hydrogens (tertiary/aromatic N) is 2. The highest BCUT2D eigenvalue weighted by atomic mass is 32.2. The summed E-state index contributed by atoms with van der Waals surface area (Å²) in [6, 6.07) is 16.8. The molecule has 0 amide bonds. The van der Waals surface area contributed by atoms with E-state index in [4.69, 9.17) is 4.74 Å². The van der Waals surface area contributed by atoms with Gasteiger partial charge in [-0.2, -0.15) is 13.1 Å². The number of benzene rings is 1. The molecule has 3 heterocycles. The van der Waals surface area contributed by atoms with Crippen LogP contribution in [0.15, 0.2) is 67.0 Å². The predicted molar refractivity (Wildman–Crippen MR) is 93.8 cm³/mol. The summed E-state index contributed by atoms with van der Waals surface area (Å²) < 4.78 is 34.0. The van der Waals surface area contributed by atoms with E-state index in [1.807, 2.05) is 59.3 Å². The summed E-state index contributed by atoms with van der Waals surface area (Å²) in [5, 5.41) is 0. The van der Waals surface area contributed by atoms with E-state index in [1.54, 1.807) is 12.3 Å². The fourth-order valence-electron chi connectivity index (χ4n) is 2.71. The second kappa shape index (κ2) is 6.18. The van der Waals surface area contributed by atoms with Crippen molar-refractivity contribution >= 4 is 15.8 Å². The summed E-state index contributed by atoms with van der Waals surface area (Å²) >= 11 is 0. The van der Waals surface area contributed by atoms with Gasteiger partial charge in [-0.1, -0.05) is 18.2 Å². The number of para-hydroxylation sites is 1. The average molecular weight is 354 g/mol. The standard InChI is InChI=1S/C18H15N3O3S/c22-25(23)12-11-21-10-4-7-16(18(21)20-25)14-8-9-17(19-13-14)24-15-5-2-1-3-6-15/h1-10,13H,11-12H2/p+1. The molecule has 25 heavy (non-hydrogen) atoms. The summed E-state index contributed by atoms with van der Waals surface area (Å²) in [5.74, 6) is 1.83. The average Bonchev–Trinajstić information content (AvgIpc) is 2.62. The number of aryl methyl sites for hydroxylation is 1. The van der Waals surface area contributed by atoms with Gasteiger partial charge in [0.25, 0.3) is 5.82 Å². The van der Waals surface area contributed by atoms with Gasteiger partial charge >= 0.3 is 10.0 Å². The molecule has 7 heteroatoms. The molecule has 2 aromatic heterocycles. The van der Waals surface area contributed by atoms with Gasteiger partial charge < -0.3 is 4.74 Å². The van der Waals surface area contributed by atoms with Crippen LogP contribution in [-0.2, 0) is 16.6 Å². The van der Waals surface area contributed by atoms with Gasteiger partial charge in [-0.05, 0) is 30.3 Å². The van der Waals surface area contributed by atoms with Crippen LogP contribution in [0, 0.1) is 0 Å². The van der Waals surface area contributed by atoms with Crippen LogP contribution in [0.5, 0.6) is 11.6 Å². The Morgan fingerprint density at radius 3 is 2.64 bits per heavy atom. The largest absolute Gasteiger partial charge is 0.439 e. The smallest absolute Gasteiger partial charge is 0.302 e. The Morgan fingerprint density at radius 1 is 1.04 bits per heavy atom. The normalized spacial score (nSPS) is 15.0. The molecule has 0 spiro atoms. The minimum absolute atomic E-state index is 0.0796. The fraction of sp³-hybridized carbons (Fsp3) is 0.111. The van der Waals surface area contributed by atoms with Crippen LogP contribution < -0.4 is 14.0 Å². The quantitative estimate of drug-likeness (QED) is 0.734. The SMILES string of the molecule is O=S1(=O)CC[n+]2cccc(-c3ccc(Oc4ccccc4)nc3)c2N1. The fourth-order valence-corrected chi connectivity index (χ4v) is 3.77. The van der Waals surface area contributed by atoms with E-state index in [9.17, 15) is 8.42 Å². The summed E-state index contributed by atoms with van der Waals surface area (Å²) in [6.07, 6.45) is 3.54. The van der Waals surface area contributed by atoms with Crippen LogP contribution in [0.2, 0.25) is 0 Å². The van der Waals surface area contributed by atoms with Gasteiger partial charge in [-0.3, -0.25) is 0 Å². The molecule has 0 atom stereocenters. The van der Waals surface area contributed by atoms with E-state index in [0.29, 0.717) is 24.0 Å². The minimum Gasteiger partial charge on any atom is -0.439 e. The number of sulfonamides is 1. The molecule has 1 N–H and O–H groups in total. The first-order valence-electron chi connectivity index (χ1n) is 7.83. The Kier molecular flexibility index (Phi) is 3.85. The summed E-state index contributed by atoms with van der Waals surface area (Å²) in [6.45, 7) is 0.432. The first-order valence-corrected chi connectivity index (χ1v) is 9.48. The van der Waals surface area contributed by atoms with Crippen molar-refractivity contribution in [1.82, 2.24) is 4.98 Å². The van der Waals surface area contributed by atoms with Crippen molar-refractivity contribution in [2.45, 2.75) is 6.54 Å². The molecule has 0 bridgehead atoms. The molecule has 0 fully saturated rings. The maximum absolute atomic E-state index is 11.9. The van der Waals surface area contributed by atoms with Gasteiger partial charge in [0.1, 0.15) is 18.0 Å². The summed E-state index contributed by atoms with van der Waals surface area (Å²) in [4.78, 5) is 4.33. The Bertz CT molecular complexity index is 1000. The highest BCUT2D eigenvalue weighted by Crippen LogP contribution is 2.28. The van der Waals surface area contributed by atoms with E-state index in [0.717, 1.165) is 11.1 Å². The number of hydrogen-bond acceptors (Lipinski definition) is 4. The van der Waals surface area contributed by atoms with E-state index in [-0.39, 0.29) is 5.75 Å². The van der Waals surface area contributed by atoms with Crippen LogP contribution >= 0.6 is 0 Å². The number of ether oxygens (including phenoxy) is 1. The van der Waals surface area contributed by atoms with E-state index in [1.165, 1.54) is 0 Å². The number of nitrogens with one attached hydrogen (secondary N) is 1. The van der Waals surface area contributed by atoms with Crippen LogP contribution in [0.25, 0.3) is 11.1 Å². The molecule has 1 aliphatic rings. The minimum atomic E-state index is -3.29. The van der Waals surface area contributed by atoms with Crippen LogP contribution in [0.3, 0.4) is 0 Å². The summed E-state index contributed by atoms with van der Waals surface area (Å²) in [5.41, 5.74) is 1.60. The lowest BCUT2D eigenvalue weighted by Gasteiger charge is -2.15. The zero-order chi connectivity index (χ0) is 17.3. The van der Waals surface area contributed by atoms with Crippen LogP contribution in [0.1, 0.15) is 0 Å². The maximum atomic E-state index is 11.9. The Balaban J connectivity index is 1.65. The third-order valence-electron chi connectivity index (χ3n) is 3.94. The molecule has 3 aromatic rings. The van der Waals surface area contributed by atoms with Crippen LogP contribution in [0.4, 0.5) is 5.82 Å². The number of anilines is 1. The van der Waals surface area contributed by atoms with Gasteiger partial charge in [0.15, 0.2) is 0 Å². The van der Waals surface area contributed by atoms with E-state index >= 15 is 0 Å². The second-order valence-corrected chi connectivity index (χ2v) is 7.53. The maximum Gasteiger partial charge on any atom is 0.302 e. The van der Waals surface area contributed by atoms with Crippen molar-refractivity contribution in [2.75, 3.05) is 10.5 Å². The molecule has 0 aliphatic carbocycles. The van der Waals surface area contributed by atoms with Gasteiger partial charge in [0.2, 0.25) is 5.88 Å². The molecule has 1 aliphatic heterocycles. The zero-order valence-corrected chi connectivity index (χ0v) is 14.1. The lowest BCUT2D eigenvalue weighted by atomic mass is 10.1. The number of aromatic nitrogens is 2. The van der Waals surface area contributed by atoms with Crippen molar-refractivity contribution in [3.05, 3.63) is 67.0 Å². The zero-order valence-electron chi connectivity index (χ0n) is 13.3. The molecule has 0 saturated heterocycles. The van der Waals surface area contributed by atoms with E-state index in [2.05, 4.69) is 9.71 Å². The highest BCUT2D eigenvalue weighted by molar-refractivity contribution is 7.92. The Labute approximate surface area is 145 Å². The molecule has 1 aromatic carbocycles. The monoisotopic (exact) mass is 354 g/mol. The third kappa shape index (κ3) is 3.32. The third-order valence-corrected chi connectivity index (χ3v) is 5.16. The van der Waals surface area contributed by atoms with Crippen LogP contribution in [-0.4, -0.2) is 19.2 Å². The van der Waals surface area contributed by atoms with Crippen molar-refractivity contribution in [1.29, 1.82) is 0 Å². The molecule has 0 unspecified atom stereocenters. The molecule has 6 nitrogen and oxygen atoms in total. The van der Waals surface area contributed by atoms with Crippen molar-refractivity contribution < 1.29 is 17.7 Å². The van der Waals surface area contributed by atoms with E-state index < -0.39 is 10.0 Å². The molecule has 126 valence electrons. The number of hydrogen-bond donors (Lipinski definition) is 1. The molecule has 0 radical (unpaired) electrons. The molecule has 4 rings (SSSR count). The predicted octanol–water partition coefficient (Wildman–Crippen LogP) is 2.58. The van der Waals surface area contributed by atoms with Gasteiger partial charge in [-0.15, -0.1) is 0 Å². The topological polar surface area (TPSA) is 72.2 Å². The highest BCUT2D eigenvalue weighted by Gasteiger charge is 2.29. The lowest BCUT2D eigenvalue weighted by molar-refractivity contribution is -0.679.